The summed E-state index contributed by atoms with van der Waals surface area (Å²) in [6.07, 6.45) is 1.04. The van der Waals surface area contributed by atoms with Crippen LogP contribution in [0.25, 0.3) is 0 Å². The molecule has 1 aliphatic rings. The van der Waals surface area contributed by atoms with E-state index in [1.807, 2.05) is 37.4 Å². The molecule has 1 fully saturated rings. The van der Waals surface area contributed by atoms with Gasteiger partial charge in [-0.1, -0.05) is 30.3 Å². The fourth-order valence-electron chi connectivity index (χ4n) is 2.86. The summed E-state index contributed by atoms with van der Waals surface area (Å²) in [5, 5.41) is 5.95. The van der Waals surface area contributed by atoms with Crippen molar-refractivity contribution in [3.63, 3.8) is 0 Å². The van der Waals surface area contributed by atoms with Gasteiger partial charge in [-0.05, 0) is 19.0 Å². The van der Waals surface area contributed by atoms with Gasteiger partial charge in [0, 0.05) is 26.6 Å². The normalized spacial score (nSPS) is 22.2. The van der Waals surface area contributed by atoms with E-state index in [0.717, 1.165) is 12.1 Å². The number of nitrogens with zero attached hydrogens (tertiary/aromatic N) is 1. The predicted molar refractivity (Wildman–Crippen MR) is 81.6 cm³/mol. The van der Waals surface area contributed by atoms with Crippen molar-refractivity contribution < 1.29 is 9.59 Å². The number of benzene rings is 1. The molecule has 0 radical (unpaired) electrons. The molecule has 0 aromatic heterocycles. The lowest BCUT2D eigenvalue weighted by molar-refractivity contribution is -0.141. The molecule has 1 heterocycles. The van der Waals surface area contributed by atoms with Crippen molar-refractivity contribution in [2.24, 2.45) is 5.92 Å². The summed E-state index contributed by atoms with van der Waals surface area (Å²) >= 11 is 0. The lowest BCUT2D eigenvalue weighted by atomic mass is 9.84. The summed E-state index contributed by atoms with van der Waals surface area (Å²) in [6.45, 7) is 1.34. The number of amides is 2. The van der Waals surface area contributed by atoms with E-state index in [4.69, 9.17) is 0 Å². The van der Waals surface area contributed by atoms with Crippen molar-refractivity contribution in [1.29, 1.82) is 0 Å². The Labute approximate surface area is 125 Å². The quantitative estimate of drug-likeness (QED) is 0.793. The molecule has 1 aliphatic heterocycles. The van der Waals surface area contributed by atoms with Crippen LogP contribution in [0.5, 0.6) is 0 Å². The summed E-state index contributed by atoms with van der Waals surface area (Å²) in [5.74, 6) is -0.0615. The van der Waals surface area contributed by atoms with Gasteiger partial charge in [-0.15, -0.1) is 0 Å². The molecule has 2 amide bonds. The molecule has 0 spiro atoms. The molecule has 0 saturated carbocycles. The first-order valence-electron chi connectivity index (χ1n) is 7.38. The van der Waals surface area contributed by atoms with Gasteiger partial charge in [-0.3, -0.25) is 9.59 Å². The van der Waals surface area contributed by atoms with Gasteiger partial charge >= 0.3 is 0 Å². The first kappa shape index (κ1) is 15.5. The molecule has 114 valence electrons. The second-order valence-corrected chi connectivity index (χ2v) is 5.40. The van der Waals surface area contributed by atoms with Gasteiger partial charge in [0.05, 0.1) is 12.0 Å². The number of hydrogen-bond donors (Lipinski definition) is 2. The molecule has 1 saturated heterocycles. The third kappa shape index (κ3) is 3.61. The highest BCUT2D eigenvalue weighted by atomic mass is 16.2. The monoisotopic (exact) mass is 289 g/mol. The van der Waals surface area contributed by atoms with Gasteiger partial charge in [-0.25, -0.2) is 0 Å². The van der Waals surface area contributed by atoms with Gasteiger partial charge < -0.3 is 15.5 Å². The Bertz CT molecular complexity index is 490. The standard InChI is InChI=1S/C16H23N3O2/c1-17-10-11-18-16(21)13-8-9-14(20)19(2)15(13)12-6-4-3-5-7-12/h3-7,13,15,17H,8-11H2,1-2H3,(H,18,21). The molecule has 21 heavy (non-hydrogen) atoms. The highest BCUT2D eigenvalue weighted by Gasteiger charge is 2.38. The van der Waals surface area contributed by atoms with Crippen molar-refractivity contribution in [2.75, 3.05) is 27.2 Å². The number of carbonyl (C=O) groups is 2. The molecule has 5 heteroatoms. The molecule has 0 bridgehead atoms. The highest BCUT2D eigenvalue weighted by Crippen LogP contribution is 2.35. The van der Waals surface area contributed by atoms with Crippen molar-refractivity contribution >= 4 is 11.8 Å². The van der Waals surface area contributed by atoms with E-state index in [1.165, 1.54) is 0 Å². The van der Waals surface area contributed by atoms with E-state index in [-0.39, 0.29) is 23.8 Å². The second kappa shape index (κ2) is 7.22. The average molecular weight is 289 g/mol. The molecule has 1 aromatic carbocycles. The van der Waals surface area contributed by atoms with E-state index >= 15 is 0 Å². The highest BCUT2D eigenvalue weighted by molar-refractivity contribution is 5.84. The van der Waals surface area contributed by atoms with Gasteiger partial charge in [-0.2, -0.15) is 0 Å². The van der Waals surface area contributed by atoms with Crippen LogP contribution in [0.4, 0.5) is 0 Å². The number of nitrogens with one attached hydrogen (secondary N) is 2. The van der Waals surface area contributed by atoms with Crippen molar-refractivity contribution in [1.82, 2.24) is 15.5 Å². The number of carbonyl (C=O) groups excluding carboxylic acids is 2. The number of rotatable bonds is 5. The Balaban J connectivity index is 2.17. The topological polar surface area (TPSA) is 61.4 Å². The SMILES string of the molecule is CNCCNC(=O)C1CCC(=O)N(C)C1c1ccccc1. The minimum Gasteiger partial charge on any atom is -0.355 e. The molecule has 1 aromatic rings. The zero-order chi connectivity index (χ0) is 15.2. The van der Waals surface area contributed by atoms with Crippen LogP contribution in [0.15, 0.2) is 30.3 Å². The van der Waals surface area contributed by atoms with Gasteiger partial charge in [0.2, 0.25) is 11.8 Å². The van der Waals surface area contributed by atoms with Gasteiger partial charge in [0.15, 0.2) is 0 Å². The second-order valence-electron chi connectivity index (χ2n) is 5.40. The Morgan fingerprint density at radius 2 is 2.00 bits per heavy atom. The van der Waals surface area contributed by atoms with Crippen LogP contribution in [0.3, 0.4) is 0 Å². The fourth-order valence-corrected chi connectivity index (χ4v) is 2.86. The third-order valence-corrected chi connectivity index (χ3v) is 4.01. The molecular formula is C16H23N3O2. The number of likely N-dealkylation sites (N-methyl/N-ethyl adjacent to an activating group) is 1. The predicted octanol–water partition coefficient (Wildman–Crippen LogP) is 0.932. The van der Waals surface area contributed by atoms with Crippen LogP contribution in [-0.2, 0) is 9.59 Å². The minimum atomic E-state index is -0.188. The molecule has 2 rings (SSSR count). The maximum Gasteiger partial charge on any atom is 0.225 e. The third-order valence-electron chi connectivity index (χ3n) is 4.01. The first-order valence-corrected chi connectivity index (χ1v) is 7.38. The van der Waals surface area contributed by atoms with Crippen LogP contribution >= 0.6 is 0 Å². The largest absolute Gasteiger partial charge is 0.355 e. The molecule has 2 unspecified atom stereocenters. The molecule has 2 N–H and O–H groups in total. The van der Waals surface area contributed by atoms with Crippen molar-refractivity contribution in [3.8, 4) is 0 Å². The molecule has 5 nitrogen and oxygen atoms in total. The van der Waals surface area contributed by atoms with Gasteiger partial charge in [0.25, 0.3) is 0 Å². The van der Waals surface area contributed by atoms with Crippen molar-refractivity contribution in [2.45, 2.75) is 18.9 Å². The molecule has 0 aliphatic carbocycles. The van der Waals surface area contributed by atoms with E-state index in [1.54, 1.807) is 11.9 Å². The zero-order valence-electron chi connectivity index (χ0n) is 12.6. The fraction of sp³-hybridized carbons (Fsp3) is 0.500. The van der Waals surface area contributed by atoms with Crippen LogP contribution in [0.2, 0.25) is 0 Å². The Kier molecular flexibility index (Phi) is 5.33. The van der Waals surface area contributed by atoms with Crippen LogP contribution in [-0.4, -0.2) is 43.9 Å². The maximum atomic E-state index is 12.4. The van der Waals surface area contributed by atoms with E-state index in [2.05, 4.69) is 10.6 Å². The number of piperidine rings is 1. The van der Waals surface area contributed by atoms with Crippen molar-refractivity contribution in [3.05, 3.63) is 35.9 Å². The van der Waals surface area contributed by atoms with Gasteiger partial charge in [0.1, 0.15) is 0 Å². The summed E-state index contributed by atoms with van der Waals surface area (Å²) in [5.41, 5.74) is 1.02. The summed E-state index contributed by atoms with van der Waals surface area (Å²) < 4.78 is 0. The first-order chi connectivity index (χ1) is 10.1. The summed E-state index contributed by atoms with van der Waals surface area (Å²) in [4.78, 5) is 26.1. The molecule has 2 atom stereocenters. The number of likely N-dealkylation sites (tertiary alicyclic amines) is 1. The summed E-state index contributed by atoms with van der Waals surface area (Å²) in [6, 6.07) is 9.61. The lowest BCUT2D eigenvalue weighted by Crippen LogP contribution is -2.47. The Morgan fingerprint density at radius 3 is 2.67 bits per heavy atom. The average Bonchev–Trinajstić information content (AvgIpc) is 2.50. The smallest absolute Gasteiger partial charge is 0.225 e. The Hall–Kier alpha value is -1.88. The lowest BCUT2D eigenvalue weighted by Gasteiger charge is -2.38. The van der Waals surface area contributed by atoms with Crippen LogP contribution < -0.4 is 10.6 Å². The summed E-state index contributed by atoms with van der Waals surface area (Å²) in [7, 11) is 3.64. The van der Waals surface area contributed by atoms with Crippen LogP contribution in [0, 0.1) is 5.92 Å². The van der Waals surface area contributed by atoms with E-state index < -0.39 is 0 Å². The van der Waals surface area contributed by atoms with Crippen LogP contribution in [0.1, 0.15) is 24.4 Å². The minimum absolute atomic E-state index is 0.0263. The zero-order valence-corrected chi connectivity index (χ0v) is 12.6. The van der Waals surface area contributed by atoms with E-state index in [9.17, 15) is 9.59 Å². The maximum absolute atomic E-state index is 12.4. The molecular weight excluding hydrogens is 266 g/mol. The number of hydrogen-bond acceptors (Lipinski definition) is 3. The Morgan fingerprint density at radius 1 is 1.29 bits per heavy atom. The van der Waals surface area contributed by atoms with E-state index in [0.29, 0.717) is 19.4 Å².